The molecule has 0 radical (unpaired) electrons. The minimum Gasteiger partial charge on any atom is -0.341 e. The van der Waals surface area contributed by atoms with Crippen LogP contribution in [0.3, 0.4) is 0 Å². The molecule has 2 aromatic rings. The van der Waals surface area contributed by atoms with Gasteiger partial charge < -0.3 is 10.2 Å². The number of carbonyl (C=O) groups is 1. The maximum absolute atomic E-state index is 13.3. The van der Waals surface area contributed by atoms with Gasteiger partial charge in [0.15, 0.2) is 6.04 Å². The topological polar surface area (TPSA) is 75.9 Å². The van der Waals surface area contributed by atoms with Crippen molar-refractivity contribution in [3.8, 4) is 11.4 Å². The van der Waals surface area contributed by atoms with Crippen molar-refractivity contribution in [2.75, 3.05) is 26.2 Å². The molecule has 3 atom stereocenters. The van der Waals surface area contributed by atoms with Crippen molar-refractivity contribution in [2.24, 2.45) is 17.8 Å². The number of fused-ring (bicyclic) bond motifs is 1. The number of amides is 1. The number of carbonyl (C=O) groups excluding carboxylic acids is 1. The van der Waals surface area contributed by atoms with Gasteiger partial charge in [0.1, 0.15) is 0 Å². The largest absolute Gasteiger partial charge is 0.341 e. The van der Waals surface area contributed by atoms with Crippen LogP contribution in [0.2, 0.25) is 0 Å². The van der Waals surface area contributed by atoms with Crippen LogP contribution in [0.1, 0.15) is 32.7 Å². The molecule has 0 saturated carbocycles. The van der Waals surface area contributed by atoms with Gasteiger partial charge in [-0.2, -0.15) is 4.80 Å². The molecule has 4 rings (SSSR count). The van der Waals surface area contributed by atoms with Gasteiger partial charge in [0.05, 0.1) is 0 Å². The number of hydrogen-bond acceptors (Lipinski definition) is 5. The molecule has 0 aliphatic carbocycles. The molecule has 27 heavy (non-hydrogen) atoms. The van der Waals surface area contributed by atoms with Crippen LogP contribution in [0.5, 0.6) is 0 Å². The summed E-state index contributed by atoms with van der Waals surface area (Å²) >= 11 is 0. The van der Waals surface area contributed by atoms with E-state index in [9.17, 15) is 4.79 Å². The first-order valence-electron chi connectivity index (χ1n) is 9.98. The summed E-state index contributed by atoms with van der Waals surface area (Å²) in [5, 5.41) is 16.4. The predicted octanol–water partition coefficient (Wildman–Crippen LogP) is 2.00. The van der Waals surface area contributed by atoms with Crippen LogP contribution < -0.4 is 5.32 Å². The third-order valence-corrected chi connectivity index (χ3v) is 5.92. The van der Waals surface area contributed by atoms with E-state index in [4.69, 9.17) is 0 Å². The van der Waals surface area contributed by atoms with Crippen LogP contribution in [-0.4, -0.2) is 57.2 Å². The van der Waals surface area contributed by atoms with Gasteiger partial charge in [0, 0.05) is 18.7 Å². The summed E-state index contributed by atoms with van der Waals surface area (Å²) in [6.45, 7) is 7.92. The zero-order chi connectivity index (χ0) is 18.8. The highest BCUT2D eigenvalue weighted by molar-refractivity contribution is 5.80. The number of likely N-dealkylation sites (tertiary alicyclic amines) is 1. The average molecular weight is 368 g/mol. The second-order valence-corrected chi connectivity index (χ2v) is 8.07. The van der Waals surface area contributed by atoms with E-state index >= 15 is 0 Å². The van der Waals surface area contributed by atoms with Crippen LogP contribution in [0, 0.1) is 17.8 Å². The van der Waals surface area contributed by atoms with Crippen molar-refractivity contribution in [3.05, 3.63) is 30.3 Å². The highest BCUT2D eigenvalue weighted by atomic mass is 16.2. The van der Waals surface area contributed by atoms with E-state index in [0.29, 0.717) is 17.7 Å². The third kappa shape index (κ3) is 3.74. The smallest absolute Gasteiger partial charge is 0.249 e. The van der Waals surface area contributed by atoms with Gasteiger partial charge in [-0.05, 0) is 48.9 Å². The second-order valence-electron chi connectivity index (χ2n) is 8.07. The van der Waals surface area contributed by atoms with E-state index in [-0.39, 0.29) is 11.8 Å². The van der Waals surface area contributed by atoms with Gasteiger partial charge in [-0.15, -0.1) is 10.2 Å². The van der Waals surface area contributed by atoms with Gasteiger partial charge >= 0.3 is 0 Å². The molecule has 2 fully saturated rings. The average Bonchev–Trinajstić information content (AvgIpc) is 3.28. The number of nitrogens with zero attached hydrogens (tertiary/aromatic N) is 5. The summed E-state index contributed by atoms with van der Waals surface area (Å²) < 4.78 is 0. The molecule has 1 aromatic carbocycles. The van der Waals surface area contributed by atoms with Crippen LogP contribution in [-0.2, 0) is 4.79 Å². The molecule has 7 heteroatoms. The highest BCUT2D eigenvalue weighted by Gasteiger charge is 2.35. The highest BCUT2D eigenvalue weighted by Crippen LogP contribution is 2.29. The minimum atomic E-state index is -0.411. The molecule has 2 aliphatic rings. The van der Waals surface area contributed by atoms with Crippen molar-refractivity contribution >= 4 is 5.91 Å². The SMILES string of the molecule is CC(C)C(C(=O)N1CC[C@@H]2CNC[C@@H]2CC1)n1nnc(-c2ccccc2)n1. The number of aromatic nitrogens is 4. The van der Waals surface area contributed by atoms with E-state index in [0.717, 1.165) is 44.6 Å². The Morgan fingerprint density at radius 3 is 2.41 bits per heavy atom. The third-order valence-electron chi connectivity index (χ3n) is 5.92. The summed E-state index contributed by atoms with van der Waals surface area (Å²) in [7, 11) is 0. The quantitative estimate of drug-likeness (QED) is 0.893. The number of benzene rings is 1. The van der Waals surface area contributed by atoms with E-state index in [1.165, 1.54) is 4.80 Å². The van der Waals surface area contributed by atoms with Crippen LogP contribution >= 0.6 is 0 Å². The molecule has 7 nitrogen and oxygen atoms in total. The van der Waals surface area contributed by atoms with E-state index in [2.05, 4.69) is 20.7 Å². The summed E-state index contributed by atoms with van der Waals surface area (Å²) in [6.07, 6.45) is 2.16. The molecule has 1 amide bonds. The molecule has 0 bridgehead atoms. The summed E-state index contributed by atoms with van der Waals surface area (Å²) in [4.78, 5) is 16.9. The lowest BCUT2D eigenvalue weighted by Crippen LogP contribution is -2.41. The summed E-state index contributed by atoms with van der Waals surface area (Å²) in [6, 6.07) is 9.35. The summed E-state index contributed by atoms with van der Waals surface area (Å²) in [5.41, 5.74) is 0.911. The Hall–Kier alpha value is -2.28. The van der Waals surface area contributed by atoms with Crippen molar-refractivity contribution in [1.82, 2.24) is 30.4 Å². The number of hydrogen-bond donors (Lipinski definition) is 1. The zero-order valence-electron chi connectivity index (χ0n) is 16.1. The predicted molar refractivity (Wildman–Crippen MR) is 103 cm³/mol. The monoisotopic (exact) mass is 368 g/mol. The summed E-state index contributed by atoms with van der Waals surface area (Å²) in [5.74, 6) is 2.18. The Labute approximate surface area is 160 Å². The fraction of sp³-hybridized carbons (Fsp3) is 0.600. The van der Waals surface area contributed by atoms with Gasteiger partial charge in [-0.25, -0.2) is 0 Å². The lowest BCUT2D eigenvalue weighted by molar-refractivity contribution is -0.137. The van der Waals surface area contributed by atoms with Crippen molar-refractivity contribution < 1.29 is 4.79 Å². The Bertz CT molecular complexity index is 760. The number of nitrogens with one attached hydrogen (secondary N) is 1. The molecule has 2 saturated heterocycles. The molecule has 3 heterocycles. The van der Waals surface area contributed by atoms with E-state index < -0.39 is 6.04 Å². The standard InChI is InChI=1S/C20H28N6O/c1-14(2)18(26-23-19(22-24-26)15-6-4-3-5-7-15)20(27)25-10-8-16-12-21-13-17(16)9-11-25/h3-7,14,16-18,21H,8-13H2,1-2H3/t16-,17+,18?. The molecular formula is C20H28N6O. The number of tetrazole rings is 1. The van der Waals surface area contributed by atoms with Gasteiger partial charge in [0.25, 0.3) is 0 Å². The van der Waals surface area contributed by atoms with Crippen LogP contribution in [0.15, 0.2) is 30.3 Å². The van der Waals surface area contributed by atoms with Crippen molar-refractivity contribution in [1.29, 1.82) is 0 Å². The minimum absolute atomic E-state index is 0.0970. The molecular weight excluding hydrogens is 340 g/mol. The van der Waals surface area contributed by atoms with Gasteiger partial charge in [-0.3, -0.25) is 4.79 Å². The Kier molecular flexibility index (Phi) is 5.20. The number of rotatable bonds is 4. The lowest BCUT2D eigenvalue weighted by Gasteiger charge is -2.27. The first-order chi connectivity index (χ1) is 13.1. The fourth-order valence-corrected chi connectivity index (χ4v) is 4.32. The molecule has 1 aromatic heterocycles. The zero-order valence-corrected chi connectivity index (χ0v) is 16.1. The second kappa shape index (κ2) is 7.76. The molecule has 144 valence electrons. The van der Waals surface area contributed by atoms with Crippen LogP contribution in [0.25, 0.3) is 11.4 Å². The molecule has 1 N–H and O–H groups in total. The maximum Gasteiger partial charge on any atom is 0.249 e. The first kappa shape index (κ1) is 18.1. The Morgan fingerprint density at radius 1 is 1.11 bits per heavy atom. The van der Waals surface area contributed by atoms with Gasteiger partial charge in [-0.1, -0.05) is 44.2 Å². The maximum atomic E-state index is 13.3. The van der Waals surface area contributed by atoms with Crippen molar-refractivity contribution in [3.63, 3.8) is 0 Å². The fourth-order valence-electron chi connectivity index (χ4n) is 4.32. The van der Waals surface area contributed by atoms with E-state index in [1.807, 2.05) is 49.1 Å². The van der Waals surface area contributed by atoms with Crippen LogP contribution in [0.4, 0.5) is 0 Å². The van der Waals surface area contributed by atoms with Gasteiger partial charge in [0.2, 0.25) is 11.7 Å². The van der Waals surface area contributed by atoms with E-state index in [1.54, 1.807) is 0 Å². The lowest BCUT2D eigenvalue weighted by atomic mass is 9.92. The Morgan fingerprint density at radius 2 is 1.78 bits per heavy atom. The molecule has 0 spiro atoms. The molecule has 2 aliphatic heterocycles. The first-order valence-corrected chi connectivity index (χ1v) is 9.98. The normalized spacial score (nSPS) is 23.9. The van der Waals surface area contributed by atoms with Crippen molar-refractivity contribution in [2.45, 2.75) is 32.7 Å². The molecule has 1 unspecified atom stereocenters. The Balaban J connectivity index is 1.52.